The quantitative estimate of drug-likeness (QED) is 0.479. The van der Waals surface area contributed by atoms with Crippen LogP contribution in [-0.2, 0) is 17.0 Å². The summed E-state index contributed by atoms with van der Waals surface area (Å²) in [5, 5.41) is 3.31. The number of H-pyrrole nitrogens is 1. The fraction of sp³-hybridized carbons (Fsp3) is 0.190. The molecular formula is C21H19N3O4S. The number of fused-ring (bicyclic) bond motifs is 1. The minimum atomic E-state index is -0.302. The predicted molar refractivity (Wildman–Crippen MR) is 110 cm³/mol. The van der Waals surface area contributed by atoms with Gasteiger partial charge in [0.2, 0.25) is 12.7 Å². The number of thioether (sulfide) groups is 1. The van der Waals surface area contributed by atoms with Crippen molar-refractivity contribution in [3.8, 4) is 11.5 Å². The third-order valence-corrected chi connectivity index (χ3v) is 5.36. The number of benzene rings is 2. The van der Waals surface area contributed by atoms with E-state index in [1.165, 1.54) is 11.8 Å². The third kappa shape index (κ3) is 4.60. The summed E-state index contributed by atoms with van der Waals surface area (Å²) >= 11 is 1.45. The van der Waals surface area contributed by atoms with Crippen LogP contribution in [0.5, 0.6) is 11.5 Å². The molecule has 1 aliphatic rings. The van der Waals surface area contributed by atoms with Crippen molar-refractivity contribution < 1.29 is 14.3 Å². The number of rotatable bonds is 6. The van der Waals surface area contributed by atoms with Gasteiger partial charge in [-0.25, -0.2) is 4.98 Å². The lowest BCUT2D eigenvalue weighted by atomic mass is 10.1. The molecule has 0 radical (unpaired) electrons. The van der Waals surface area contributed by atoms with Gasteiger partial charge in [-0.3, -0.25) is 9.59 Å². The largest absolute Gasteiger partial charge is 0.454 e. The molecule has 2 aromatic carbocycles. The first kappa shape index (κ1) is 19.1. The van der Waals surface area contributed by atoms with Crippen LogP contribution in [0.3, 0.4) is 0 Å². The van der Waals surface area contributed by atoms with Gasteiger partial charge in [-0.15, -0.1) is 0 Å². The van der Waals surface area contributed by atoms with Crippen LogP contribution >= 0.6 is 11.8 Å². The van der Waals surface area contributed by atoms with E-state index in [1.54, 1.807) is 25.1 Å². The summed E-state index contributed by atoms with van der Waals surface area (Å²) in [4.78, 5) is 32.1. The maximum atomic E-state index is 12.5. The number of aromatic nitrogens is 2. The van der Waals surface area contributed by atoms with Gasteiger partial charge in [-0.2, -0.15) is 0 Å². The van der Waals surface area contributed by atoms with E-state index >= 15 is 0 Å². The number of carbonyl (C=O) groups is 1. The highest BCUT2D eigenvalue weighted by Crippen LogP contribution is 2.34. The molecule has 1 aromatic heterocycles. The second-order valence-electron chi connectivity index (χ2n) is 6.50. The van der Waals surface area contributed by atoms with Crippen molar-refractivity contribution in [1.82, 2.24) is 9.97 Å². The Balaban J connectivity index is 1.41. The zero-order valence-electron chi connectivity index (χ0n) is 15.7. The Morgan fingerprint density at radius 3 is 2.76 bits per heavy atom. The summed E-state index contributed by atoms with van der Waals surface area (Å²) in [7, 11) is 0. The van der Waals surface area contributed by atoms with Crippen LogP contribution < -0.4 is 20.3 Å². The van der Waals surface area contributed by atoms with Crippen LogP contribution in [-0.4, -0.2) is 22.7 Å². The van der Waals surface area contributed by atoms with Gasteiger partial charge in [-0.05, 0) is 24.6 Å². The molecule has 0 spiro atoms. The number of aryl methyl sites for hydroxylation is 1. The number of hydrogen-bond acceptors (Lipinski definition) is 6. The topological polar surface area (TPSA) is 93.3 Å². The molecule has 4 rings (SSSR count). The van der Waals surface area contributed by atoms with E-state index in [0.717, 1.165) is 5.56 Å². The summed E-state index contributed by atoms with van der Waals surface area (Å²) < 4.78 is 10.6. The standard InChI is InChI=1S/C21H19N3O4S/c1-13-16(10-19(25)23-15-7-8-17-18(9-15)28-12-27-17)20(26)24-21(22-13)29-11-14-5-3-2-4-6-14/h2-9H,10-12H2,1H3,(H,23,25)(H,22,24,26). The molecule has 2 N–H and O–H groups in total. The average molecular weight is 409 g/mol. The predicted octanol–water partition coefficient (Wildman–Crippen LogP) is 3.28. The maximum Gasteiger partial charge on any atom is 0.255 e. The Hall–Kier alpha value is -3.26. The SMILES string of the molecule is Cc1nc(SCc2ccccc2)[nH]c(=O)c1CC(=O)Nc1ccc2c(c1)OCO2. The lowest BCUT2D eigenvalue weighted by molar-refractivity contribution is -0.115. The van der Waals surface area contributed by atoms with Crippen LogP contribution in [0.25, 0.3) is 0 Å². The molecular weight excluding hydrogens is 390 g/mol. The number of amides is 1. The number of nitrogens with one attached hydrogen (secondary N) is 2. The Kier molecular flexibility index (Phi) is 5.53. The molecule has 0 saturated heterocycles. The van der Waals surface area contributed by atoms with Crippen molar-refractivity contribution in [3.05, 3.63) is 75.7 Å². The molecule has 148 valence electrons. The molecule has 3 aromatic rings. The molecule has 1 amide bonds. The molecule has 2 heterocycles. The van der Waals surface area contributed by atoms with E-state index in [2.05, 4.69) is 15.3 Å². The van der Waals surface area contributed by atoms with Gasteiger partial charge in [0, 0.05) is 28.8 Å². The number of aromatic amines is 1. The van der Waals surface area contributed by atoms with Crippen LogP contribution in [0.15, 0.2) is 58.5 Å². The fourth-order valence-electron chi connectivity index (χ4n) is 2.93. The van der Waals surface area contributed by atoms with Crippen LogP contribution in [0.1, 0.15) is 16.8 Å². The minimum absolute atomic E-state index is 0.0633. The van der Waals surface area contributed by atoms with Gasteiger partial charge in [0.1, 0.15) is 0 Å². The molecule has 0 unspecified atom stereocenters. The van der Waals surface area contributed by atoms with Crippen LogP contribution in [0, 0.1) is 6.92 Å². The van der Waals surface area contributed by atoms with Crippen molar-refractivity contribution in [2.45, 2.75) is 24.3 Å². The van der Waals surface area contributed by atoms with E-state index in [9.17, 15) is 9.59 Å². The van der Waals surface area contributed by atoms with Crippen LogP contribution in [0.4, 0.5) is 5.69 Å². The number of carbonyl (C=O) groups excluding carboxylic acids is 1. The minimum Gasteiger partial charge on any atom is -0.454 e. The van der Waals surface area contributed by atoms with Crippen molar-refractivity contribution in [2.24, 2.45) is 0 Å². The molecule has 7 nitrogen and oxygen atoms in total. The lowest BCUT2D eigenvalue weighted by Crippen LogP contribution is -2.23. The van der Waals surface area contributed by atoms with E-state index < -0.39 is 0 Å². The van der Waals surface area contributed by atoms with Crippen molar-refractivity contribution >= 4 is 23.4 Å². The Bertz CT molecular complexity index is 1100. The van der Waals surface area contributed by atoms with Gasteiger partial charge in [0.25, 0.3) is 5.56 Å². The molecule has 0 bridgehead atoms. The van der Waals surface area contributed by atoms with Gasteiger partial charge < -0.3 is 19.8 Å². The summed E-state index contributed by atoms with van der Waals surface area (Å²) in [5.74, 6) is 1.62. The van der Waals surface area contributed by atoms with Gasteiger partial charge in [-0.1, -0.05) is 42.1 Å². The highest BCUT2D eigenvalue weighted by molar-refractivity contribution is 7.98. The molecule has 29 heavy (non-hydrogen) atoms. The van der Waals surface area contributed by atoms with E-state index in [1.807, 2.05) is 30.3 Å². The summed E-state index contributed by atoms with van der Waals surface area (Å²) in [6.07, 6.45) is -0.0633. The highest BCUT2D eigenvalue weighted by atomic mass is 32.2. The molecule has 0 aliphatic carbocycles. The average Bonchev–Trinajstić information content (AvgIpc) is 3.18. The number of hydrogen-bond donors (Lipinski definition) is 2. The van der Waals surface area contributed by atoms with Crippen molar-refractivity contribution in [1.29, 1.82) is 0 Å². The van der Waals surface area contributed by atoms with Crippen molar-refractivity contribution in [2.75, 3.05) is 12.1 Å². The van der Waals surface area contributed by atoms with Gasteiger partial charge in [0.05, 0.1) is 6.42 Å². The summed E-state index contributed by atoms with van der Waals surface area (Å²) in [6.45, 7) is 1.91. The first-order chi connectivity index (χ1) is 14.1. The molecule has 1 aliphatic heterocycles. The maximum absolute atomic E-state index is 12.5. The second-order valence-corrected chi connectivity index (χ2v) is 7.47. The first-order valence-corrected chi connectivity index (χ1v) is 10.0. The molecule has 0 saturated carbocycles. The van der Waals surface area contributed by atoms with Crippen LogP contribution in [0.2, 0.25) is 0 Å². The second kappa shape index (κ2) is 8.40. The molecule has 0 fully saturated rings. The fourth-order valence-corrected chi connectivity index (χ4v) is 3.79. The summed E-state index contributed by atoms with van der Waals surface area (Å²) in [6, 6.07) is 15.1. The van der Waals surface area contributed by atoms with E-state index in [4.69, 9.17) is 9.47 Å². The molecule has 8 heteroatoms. The first-order valence-electron chi connectivity index (χ1n) is 9.04. The number of nitrogens with zero attached hydrogens (tertiary/aromatic N) is 1. The monoisotopic (exact) mass is 409 g/mol. The highest BCUT2D eigenvalue weighted by Gasteiger charge is 2.16. The molecule has 0 atom stereocenters. The third-order valence-electron chi connectivity index (χ3n) is 4.41. The van der Waals surface area contributed by atoms with Gasteiger partial charge in [0.15, 0.2) is 16.7 Å². The van der Waals surface area contributed by atoms with Crippen molar-refractivity contribution in [3.63, 3.8) is 0 Å². The zero-order valence-corrected chi connectivity index (χ0v) is 16.5. The smallest absolute Gasteiger partial charge is 0.255 e. The van der Waals surface area contributed by atoms with E-state index in [0.29, 0.717) is 39.4 Å². The summed E-state index contributed by atoms with van der Waals surface area (Å²) in [5.41, 5.74) is 2.33. The Labute approximate surface area is 171 Å². The number of anilines is 1. The van der Waals surface area contributed by atoms with Gasteiger partial charge >= 0.3 is 0 Å². The lowest BCUT2D eigenvalue weighted by Gasteiger charge is -2.09. The number of ether oxygens (including phenoxy) is 2. The Morgan fingerprint density at radius 2 is 1.97 bits per heavy atom. The van der Waals surface area contributed by atoms with E-state index in [-0.39, 0.29) is 24.7 Å². The normalized spacial score (nSPS) is 12.0. The zero-order chi connectivity index (χ0) is 20.2. The Morgan fingerprint density at radius 1 is 1.17 bits per heavy atom.